The molecule has 11 rings (SSSR count). The highest BCUT2D eigenvalue weighted by molar-refractivity contribution is 5.98. The minimum absolute atomic E-state index is 0.553. The Bertz CT molecular complexity index is 3020. The van der Waals surface area contributed by atoms with Gasteiger partial charge in [-0.2, -0.15) is 5.26 Å². The first kappa shape index (κ1) is 32.7. The second-order valence-electron chi connectivity index (χ2n) is 14.6. The second-order valence-corrected chi connectivity index (χ2v) is 14.6. The summed E-state index contributed by atoms with van der Waals surface area (Å²) in [5.41, 5.74) is 18.8. The molecular formula is C53H32N4. The number of rotatable bonds is 4. The van der Waals surface area contributed by atoms with Crippen LogP contribution in [0.3, 0.4) is 0 Å². The molecule has 0 aliphatic heterocycles. The third-order valence-electron chi connectivity index (χ3n) is 11.6. The van der Waals surface area contributed by atoms with Gasteiger partial charge >= 0.3 is 0 Å². The maximum atomic E-state index is 9.54. The largest absolute Gasteiger partial charge is 0.256 e. The van der Waals surface area contributed by atoms with Crippen LogP contribution >= 0.6 is 0 Å². The second kappa shape index (κ2) is 12.9. The minimum atomic E-state index is -0.553. The van der Waals surface area contributed by atoms with Crippen LogP contribution in [0.25, 0.3) is 78.5 Å². The number of pyridine rings is 1. The number of hydrogen-bond acceptors (Lipinski definition) is 4. The van der Waals surface area contributed by atoms with E-state index in [1.54, 1.807) is 0 Å². The third kappa shape index (κ3) is 5.03. The van der Waals surface area contributed by atoms with Crippen molar-refractivity contribution in [3.05, 3.63) is 222 Å². The molecule has 2 aliphatic carbocycles. The number of hydrogen-bond donors (Lipinski definition) is 0. The fourth-order valence-electron chi connectivity index (χ4n) is 9.12. The number of nitrogens with zero attached hydrogens (tertiary/aromatic N) is 4. The SMILES string of the molecule is N#Cc1ccc(-c2cc(-c3ccc(-c4ccccn4)cc3)nc(-c3ccc4c(c3)-c3ccccc3-c3ccccc3C43c4ccccc4-c4ccccc43)n2)cc1. The maximum absolute atomic E-state index is 9.54. The van der Waals surface area contributed by atoms with E-state index in [2.05, 4.69) is 151 Å². The van der Waals surface area contributed by atoms with Gasteiger partial charge in [-0.3, -0.25) is 4.98 Å². The minimum Gasteiger partial charge on any atom is -0.256 e. The van der Waals surface area contributed by atoms with Gasteiger partial charge in [0.2, 0.25) is 0 Å². The average molecular weight is 725 g/mol. The Morgan fingerprint density at radius 3 is 1.35 bits per heavy atom. The first-order valence-corrected chi connectivity index (χ1v) is 19.2. The zero-order valence-corrected chi connectivity index (χ0v) is 30.8. The quantitative estimate of drug-likeness (QED) is 0.181. The van der Waals surface area contributed by atoms with Crippen molar-refractivity contribution in [3.8, 4) is 84.6 Å². The van der Waals surface area contributed by atoms with Crippen LogP contribution < -0.4 is 0 Å². The molecule has 0 N–H and O–H groups in total. The molecule has 0 unspecified atom stereocenters. The molecule has 57 heavy (non-hydrogen) atoms. The molecule has 2 aromatic heterocycles. The normalized spacial score (nSPS) is 12.7. The highest BCUT2D eigenvalue weighted by Gasteiger charge is 2.49. The molecule has 0 atom stereocenters. The van der Waals surface area contributed by atoms with E-state index < -0.39 is 5.41 Å². The van der Waals surface area contributed by atoms with Gasteiger partial charge in [0.1, 0.15) is 0 Å². The van der Waals surface area contributed by atoms with E-state index >= 15 is 0 Å². The lowest BCUT2D eigenvalue weighted by Gasteiger charge is -2.35. The Balaban J connectivity index is 1.16. The van der Waals surface area contributed by atoms with Gasteiger partial charge in [0, 0.05) is 28.5 Å². The summed E-state index contributed by atoms with van der Waals surface area (Å²) in [6.45, 7) is 0. The van der Waals surface area contributed by atoms with Crippen molar-refractivity contribution in [3.63, 3.8) is 0 Å². The summed E-state index contributed by atoms with van der Waals surface area (Å²) in [4.78, 5) is 15.1. The van der Waals surface area contributed by atoms with Gasteiger partial charge in [0.05, 0.1) is 34.1 Å². The highest BCUT2D eigenvalue weighted by atomic mass is 14.9. The Morgan fingerprint density at radius 2 is 0.807 bits per heavy atom. The van der Waals surface area contributed by atoms with Crippen molar-refractivity contribution in [2.45, 2.75) is 5.41 Å². The first-order chi connectivity index (χ1) is 28.2. The molecule has 2 aliphatic rings. The summed E-state index contributed by atoms with van der Waals surface area (Å²) >= 11 is 0. The molecule has 7 aromatic carbocycles. The van der Waals surface area contributed by atoms with E-state index in [0.717, 1.165) is 44.9 Å². The Labute approximate surface area is 331 Å². The van der Waals surface area contributed by atoms with Crippen LogP contribution in [0.5, 0.6) is 0 Å². The van der Waals surface area contributed by atoms with E-state index in [9.17, 15) is 5.26 Å². The van der Waals surface area contributed by atoms with Crippen LogP contribution in [0.15, 0.2) is 194 Å². The highest BCUT2D eigenvalue weighted by Crippen LogP contribution is 2.61. The van der Waals surface area contributed by atoms with E-state index in [0.29, 0.717) is 11.4 Å². The van der Waals surface area contributed by atoms with E-state index in [4.69, 9.17) is 9.97 Å². The van der Waals surface area contributed by atoms with Crippen LogP contribution in [-0.2, 0) is 5.41 Å². The summed E-state index contributed by atoms with van der Waals surface area (Å²) in [5.74, 6) is 0.629. The molecule has 0 amide bonds. The molecule has 264 valence electrons. The molecule has 2 heterocycles. The first-order valence-electron chi connectivity index (χ1n) is 19.2. The number of nitriles is 1. The Kier molecular flexibility index (Phi) is 7.42. The molecule has 4 nitrogen and oxygen atoms in total. The van der Waals surface area contributed by atoms with Gasteiger partial charge in [-0.1, -0.05) is 152 Å². The molecule has 4 heteroatoms. The Hall–Kier alpha value is -7.74. The van der Waals surface area contributed by atoms with Crippen LogP contribution in [0.2, 0.25) is 0 Å². The average Bonchev–Trinajstić information content (AvgIpc) is 3.54. The zero-order valence-electron chi connectivity index (χ0n) is 30.8. The van der Waals surface area contributed by atoms with Crippen molar-refractivity contribution in [2.75, 3.05) is 0 Å². The molecule has 0 fully saturated rings. The van der Waals surface area contributed by atoms with E-state index in [1.807, 2.05) is 54.7 Å². The summed E-state index contributed by atoms with van der Waals surface area (Å²) in [6.07, 6.45) is 1.81. The predicted octanol–water partition coefficient (Wildman–Crippen LogP) is 12.4. The topological polar surface area (TPSA) is 62.5 Å². The van der Waals surface area contributed by atoms with Crippen molar-refractivity contribution in [1.82, 2.24) is 15.0 Å². The zero-order chi connectivity index (χ0) is 37.9. The van der Waals surface area contributed by atoms with Gasteiger partial charge in [-0.15, -0.1) is 0 Å². The van der Waals surface area contributed by atoms with Gasteiger partial charge in [-0.25, -0.2) is 9.97 Å². The number of benzene rings is 7. The smallest absolute Gasteiger partial charge is 0.160 e. The monoisotopic (exact) mass is 724 g/mol. The lowest BCUT2D eigenvalue weighted by atomic mass is 9.66. The van der Waals surface area contributed by atoms with Crippen LogP contribution in [-0.4, -0.2) is 15.0 Å². The maximum Gasteiger partial charge on any atom is 0.160 e. The van der Waals surface area contributed by atoms with Crippen molar-refractivity contribution in [1.29, 1.82) is 5.26 Å². The van der Waals surface area contributed by atoms with E-state index in [-0.39, 0.29) is 0 Å². The van der Waals surface area contributed by atoms with Gasteiger partial charge in [0.25, 0.3) is 0 Å². The standard InChI is InChI=1S/C53H32N4/c54-33-34-20-22-36(23-21-34)50-32-51(37-26-24-35(25-27-37)49-19-9-10-30-55-49)57-52(56-50)38-28-29-48-44(31-38)40-12-2-1-11-39(40)41-13-3-6-16-45(41)53(48)46-17-7-4-14-42(46)43-15-5-8-18-47(43)53/h1-32H. The fraction of sp³-hybridized carbons (Fsp3) is 0.0189. The molecule has 0 radical (unpaired) electrons. The van der Waals surface area contributed by atoms with Crippen LogP contribution in [0.1, 0.15) is 27.8 Å². The molecule has 0 bridgehead atoms. The predicted molar refractivity (Wildman–Crippen MR) is 228 cm³/mol. The lowest BCUT2D eigenvalue weighted by Crippen LogP contribution is -2.29. The van der Waals surface area contributed by atoms with Crippen LogP contribution in [0.4, 0.5) is 0 Å². The van der Waals surface area contributed by atoms with Crippen LogP contribution in [0, 0.1) is 11.3 Å². The molecule has 0 saturated heterocycles. The van der Waals surface area contributed by atoms with E-state index in [1.165, 1.54) is 50.1 Å². The molecule has 0 saturated carbocycles. The lowest BCUT2D eigenvalue weighted by molar-refractivity contribution is 0.775. The molecule has 9 aromatic rings. The molecule has 1 spiro atoms. The van der Waals surface area contributed by atoms with Crippen molar-refractivity contribution >= 4 is 0 Å². The van der Waals surface area contributed by atoms with Gasteiger partial charge < -0.3 is 0 Å². The number of fused-ring (bicyclic) bond motifs is 12. The van der Waals surface area contributed by atoms with Crippen molar-refractivity contribution in [2.24, 2.45) is 0 Å². The molecular weight excluding hydrogens is 693 g/mol. The fourth-order valence-corrected chi connectivity index (χ4v) is 9.12. The Morgan fingerprint density at radius 1 is 0.368 bits per heavy atom. The number of aromatic nitrogens is 3. The van der Waals surface area contributed by atoms with Gasteiger partial charge in [0.15, 0.2) is 5.82 Å². The van der Waals surface area contributed by atoms with Crippen molar-refractivity contribution < 1.29 is 0 Å². The third-order valence-corrected chi connectivity index (χ3v) is 11.6. The summed E-state index contributed by atoms with van der Waals surface area (Å²) < 4.78 is 0. The van der Waals surface area contributed by atoms with Gasteiger partial charge in [-0.05, 0) is 92.0 Å². The summed E-state index contributed by atoms with van der Waals surface area (Å²) in [6, 6.07) is 68.6. The summed E-state index contributed by atoms with van der Waals surface area (Å²) in [5, 5.41) is 9.54. The summed E-state index contributed by atoms with van der Waals surface area (Å²) in [7, 11) is 0.